The lowest BCUT2D eigenvalue weighted by Gasteiger charge is -2.38. The number of nitrogens with zero attached hydrogens (tertiary/aromatic N) is 4. The van der Waals surface area contributed by atoms with Crippen LogP contribution < -0.4 is 10.2 Å². The molecule has 0 saturated carbocycles. The third-order valence-corrected chi connectivity index (χ3v) is 5.78. The Kier molecular flexibility index (Phi) is 5.83. The van der Waals surface area contributed by atoms with Gasteiger partial charge in [0.2, 0.25) is 5.91 Å². The molecule has 1 aromatic carbocycles. The van der Waals surface area contributed by atoms with Gasteiger partial charge in [-0.3, -0.25) is 19.7 Å². The van der Waals surface area contributed by atoms with Crippen molar-refractivity contribution in [3.63, 3.8) is 0 Å². The molecule has 2 fully saturated rings. The summed E-state index contributed by atoms with van der Waals surface area (Å²) >= 11 is 0. The number of nitro benzene ring substituents is 1. The first-order valence-electron chi connectivity index (χ1n) is 9.63. The molecule has 2 atom stereocenters. The number of piperazine rings is 2. The van der Waals surface area contributed by atoms with Gasteiger partial charge in [-0.1, -0.05) is 0 Å². The van der Waals surface area contributed by atoms with Crippen molar-refractivity contribution in [3.05, 3.63) is 33.9 Å². The monoisotopic (exact) mass is 389 g/mol. The van der Waals surface area contributed by atoms with E-state index in [9.17, 15) is 19.7 Å². The maximum Gasteiger partial charge on any atom is 0.293 e. The van der Waals surface area contributed by atoms with E-state index in [0.29, 0.717) is 50.5 Å². The Hall–Kier alpha value is -2.68. The number of nitro groups is 1. The molecule has 0 radical (unpaired) electrons. The SMILES string of the molecule is CC(=O)N1CCN(c2ccc(C(=O)N3CCNC(C)C3C)cc2[N+](=O)[O-])CC1. The van der Waals surface area contributed by atoms with Crippen LogP contribution in [0.4, 0.5) is 11.4 Å². The zero-order valence-electron chi connectivity index (χ0n) is 16.6. The van der Waals surface area contributed by atoms with E-state index in [1.165, 1.54) is 13.0 Å². The largest absolute Gasteiger partial charge is 0.362 e. The van der Waals surface area contributed by atoms with Gasteiger partial charge in [-0.25, -0.2) is 0 Å². The Labute approximate surface area is 164 Å². The second-order valence-electron chi connectivity index (χ2n) is 7.44. The quantitative estimate of drug-likeness (QED) is 0.614. The lowest BCUT2D eigenvalue weighted by molar-refractivity contribution is -0.384. The van der Waals surface area contributed by atoms with E-state index in [4.69, 9.17) is 0 Å². The van der Waals surface area contributed by atoms with Crippen LogP contribution in [0.5, 0.6) is 0 Å². The summed E-state index contributed by atoms with van der Waals surface area (Å²) < 4.78 is 0. The first-order valence-corrected chi connectivity index (χ1v) is 9.63. The third-order valence-electron chi connectivity index (χ3n) is 5.78. The number of nitrogens with one attached hydrogen (secondary N) is 1. The fourth-order valence-corrected chi connectivity index (χ4v) is 3.84. The summed E-state index contributed by atoms with van der Waals surface area (Å²) in [5, 5.41) is 15.0. The average Bonchev–Trinajstić information content (AvgIpc) is 2.69. The number of anilines is 1. The molecule has 1 aromatic rings. The van der Waals surface area contributed by atoms with Crippen molar-refractivity contribution < 1.29 is 14.5 Å². The second-order valence-corrected chi connectivity index (χ2v) is 7.44. The van der Waals surface area contributed by atoms with E-state index in [-0.39, 0.29) is 29.6 Å². The summed E-state index contributed by atoms with van der Waals surface area (Å²) in [7, 11) is 0. The van der Waals surface area contributed by atoms with E-state index >= 15 is 0 Å². The highest BCUT2D eigenvalue weighted by Crippen LogP contribution is 2.31. The number of benzene rings is 1. The second kappa shape index (κ2) is 8.14. The molecule has 0 aromatic heterocycles. The van der Waals surface area contributed by atoms with Crippen LogP contribution in [0.2, 0.25) is 0 Å². The van der Waals surface area contributed by atoms with E-state index in [0.717, 1.165) is 0 Å². The Morgan fingerprint density at radius 2 is 1.82 bits per heavy atom. The van der Waals surface area contributed by atoms with E-state index in [2.05, 4.69) is 5.32 Å². The zero-order valence-corrected chi connectivity index (χ0v) is 16.6. The molecule has 0 spiro atoms. The first kappa shape index (κ1) is 20.1. The smallest absolute Gasteiger partial charge is 0.293 e. The molecule has 2 aliphatic heterocycles. The van der Waals surface area contributed by atoms with Crippen LogP contribution in [0.25, 0.3) is 0 Å². The topological polar surface area (TPSA) is 99.0 Å². The van der Waals surface area contributed by atoms with Gasteiger partial charge >= 0.3 is 0 Å². The lowest BCUT2D eigenvalue weighted by Crippen LogP contribution is -2.57. The van der Waals surface area contributed by atoms with E-state index in [1.54, 1.807) is 21.9 Å². The van der Waals surface area contributed by atoms with Crippen LogP contribution in [0.3, 0.4) is 0 Å². The van der Waals surface area contributed by atoms with Crippen LogP contribution >= 0.6 is 0 Å². The molecular formula is C19H27N5O4. The van der Waals surface area contributed by atoms with E-state index in [1.807, 2.05) is 18.7 Å². The summed E-state index contributed by atoms with van der Waals surface area (Å²) in [6.07, 6.45) is 0. The predicted octanol–water partition coefficient (Wildman–Crippen LogP) is 1.09. The minimum Gasteiger partial charge on any atom is -0.362 e. The standard InChI is InChI=1S/C19H27N5O4/c1-13-14(2)23(7-6-20-13)19(26)16-4-5-17(18(12-16)24(27)28)22-10-8-21(9-11-22)15(3)25/h4-5,12-14,20H,6-11H2,1-3H3. The third kappa shape index (κ3) is 3.94. The van der Waals surface area contributed by atoms with Crippen LogP contribution in [0.15, 0.2) is 18.2 Å². The molecule has 2 saturated heterocycles. The minimum atomic E-state index is -0.437. The summed E-state index contributed by atoms with van der Waals surface area (Å²) in [4.78, 5) is 41.1. The molecule has 28 heavy (non-hydrogen) atoms. The van der Waals surface area contributed by atoms with Crippen molar-refractivity contribution in [3.8, 4) is 0 Å². The van der Waals surface area contributed by atoms with Crippen molar-refractivity contribution in [1.29, 1.82) is 0 Å². The van der Waals surface area contributed by atoms with Gasteiger partial charge in [-0.05, 0) is 26.0 Å². The first-order chi connectivity index (χ1) is 13.3. The van der Waals surface area contributed by atoms with Crippen LogP contribution in [0.1, 0.15) is 31.1 Å². The van der Waals surface area contributed by atoms with E-state index < -0.39 is 4.92 Å². The number of hydrogen-bond donors (Lipinski definition) is 1. The molecule has 2 amide bonds. The minimum absolute atomic E-state index is 0.00876. The van der Waals surface area contributed by atoms with Crippen molar-refractivity contribution >= 4 is 23.2 Å². The van der Waals surface area contributed by atoms with Crippen LogP contribution in [-0.4, -0.2) is 77.9 Å². The predicted molar refractivity (Wildman–Crippen MR) is 106 cm³/mol. The average molecular weight is 389 g/mol. The number of carbonyl (C=O) groups excluding carboxylic acids is 2. The van der Waals surface area contributed by atoms with Gasteiger partial charge in [-0.15, -0.1) is 0 Å². The Balaban J connectivity index is 1.83. The molecule has 2 heterocycles. The Morgan fingerprint density at radius 3 is 2.43 bits per heavy atom. The maximum absolute atomic E-state index is 13.0. The zero-order chi connectivity index (χ0) is 20.4. The highest BCUT2D eigenvalue weighted by Gasteiger charge is 2.31. The molecule has 1 N–H and O–H groups in total. The van der Waals surface area contributed by atoms with Crippen molar-refractivity contribution in [2.45, 2.75) is 32.9 Å². The molecule has 152 valence electrons. The molecular weight excluding hydrogens is 362 g/mol. The van der Waals surface area contributed by atoms with Crippen molar-refractivity contribution in [2.24, 2.45) is 0 Å². The van der Waals surface area contributed by atoms with Gasteiger partial charge in [0.1, 0.15) is 5.69 Å². The highest BCUT2D eigenvalue weighted by molar-refractivity contribution is 5.96. The number of carbonyl (C=O) groups is 2. The van der Waals surface area contributed by atoms with Crippen molar-refractivity contribution in [1.82, 2.24) is 15.1 Å². The van der Waals surface area contributed by atoms with Crippen LogP contribution in [0, 0.1) is 10.1 Å². The molecule has 2 unspecified atom stereocenters. The Bertz CT molecular complexity index is 776. The highest BCUT2D eigenvalue weighted by atomic mass is 16.6. The summed E-state index contributed by atoms with van der Waals surface area (Å²) in [6.45, 7) is 8.93. The molecule has 0 aliphatic carbocycles. The maximum atomic E-state index is 13.0. The molecule has 2 aliphatic rings. The summed E-state index contributed by atoms with van der Waals surface area (Å²) in [6, 6.07) is 4.89. The summed E-state index contributed by atoms with van der Waals surface area (Å²) in [5.74, 6) is -0.175. The Morgan fingerprint density at radius 1 is 1.14 bits per heavy atom. The molecule has 0 bridgehead atoms. The fourth-order valence-electron chi connectivity index (χ4n) is 3.84. The van der Waals surface area contributed by atoms with Gasteiger partial charge in [0, 0.05) is 69.9 Å². The van der Waals surface area contributed by atoms with Crippen LogP contribution in [-0.2, 0) is 4.79 Å². The fraction of sp³-hybridized carbons (Fsp3) is 0.579. The molecule has 9 heteroatoms. The number of rotatable bonds is 3. The van der Waals surface area contributed by atoms with Gasteiger partial charge in [-0.2, -0.15) is 0 Å². The summed E-state index contributed by atoms with van der Waals surface area (Å²) in [5.41, 5.74) is 0.753. The lowest BCUT2D eigenvalue weighted by atomic mass is 10.0. The number of amides is 2. The molecule has 3 rings (SSSR count). The number of hydrogen-bond acceptors (Lipinski definition) is 6. The van der Waals surface area contributed by atoms with Gasteiger partial charge in [0.25, 0.3) is 11.6 Å². The van der Waals surface area contributed by atoms with Crippen molar-refractivity contribution in [2.75, 3.05) is 44.2 Å². The molecule has 9 nitrogen and oxygen atoms in total. The van der Waals surface area contributed by atoms with Gasteiger partial charge < -0.3 is 20.0 Å². The normalized spacial score (nSPS) is 22.9. The van der Waals surface area contributed by atoms with Gasteiger partial charge in [0.15, 0.2) is 0 Å². The van der Waals surface area contributed by atoms with Gasteiger partial charge in [0.05, 0.1) is 4.92 Å².